The molecule has 1 aromatic carbocycles. The van der Waals surface area contributed by atoms with Gasteiger partial charge in [-0.25, -0.2) is 9.59 Å². The van der Waals surface area contributed by atoms with E-state index in [-0.39, 0.29) is 11.5 Å². The molecule has 0 saturated carbocycles. The summed E-state index contributed by atoms with van der Waals surface area (Å²) >= 11 is 0. The summed E-state index contributed by atoms with van der Waals surface area (Å²) in [4.78, 5) is 34.7. The lowest BCUT2D eigenvalue weighted by molar-refractivity contribution is -0.169. The summed E-state index contributed by atoms with van der Waals surface area (Å²) in [6, 6.07) is 5.66. The maximum Gasteiger partial charge on any atom is 0.343 e. The van der Waals surface area contributed by atoms with Crippen LogP contribution in [0.25, 0.3) is 0 Å². The van der Waals surface area contributed by atoms with E-state index in [1.54, 1.807) is 20.8 Å². The number of hydrogen-bond donors (Lipinski definition) is 3. The number of ether oxygens (including phenoxy) is 1. The molecule has 0 aliphatic rings. The zero-order valence-electron chi connectivity index (χ0n) is 13.0. The lowest BCUT2D eigenvalue weighted by atomic mass is 9.90. The Morgan fingerprint density at radius 2 is 1.64 bits per heavy atom. The molecule has 0 spiro atoms. The first-order chi connectivity index (χ1) is 9.96. The fourth-order valence-electron chi connectivity index (χ4n) is 1.71. The predicted molar refractivity (Wildman–Crippen MR) is 80.1 cm³/mol. The molecule has 0 radical (unpaired) electrons. The predicted octanol–water partition coefficient (Wildman–Crippen LogP) is 1.23. The largest absolute Gasteiger partial charge is 0.479 e. The van der Waals surface area contributed by atoms with Gasteiger partial charge in [0.2, 0.25) is 11.4 Å². The van der Waals surface area contributed by atoms with Crippen molar-refractivity contribution in [1.29, 1.82) is 0 Å². The zero-order chi connectivity index (χ0) is 17.1. The van der Waals surface area contributed by atoms with Gasteiger partial charge >= 0.3 is 11.9 Å². The highest BCUT2D eigenvalue weighted by molar-refractivity contribution is 6.05. The van der Waals surface area contributed by atoms with Crippen molar-refractivity contribution in [3.8, 4) is 0 Å². The number of aliphatic carboxylic acids is 1. The van der Waals surface area contributed by atoms with Crippen LogP contribution in [0.15, 0.2) is 24.3 Å². The number of amides is 1. The van der Waals surface area contributed by atoms with E-state index >= 15 is 0 Å². The van der Waals surface area contributed by atoms with Crippen LogP contribution in [0, 0.1) is 0 Å². The Balaban J connectivity index is 3.17. The lowest BCUT2D eigenvalue weighted by Crippen LogP contribution is -2.54. The molecule has 120 valence electrons. The molecule has 0 saturated heterocycles. The second-order valence-electron chi connectivity index (χ2n) is 5.87. The molecule has 0 aliphatic carbocycles. The highest BCUT2D eigenvalue weighted by atomic mass is 16.6. The van der Waals surface area contributed by atoms with Crippen LogP contribution < -0.4 is 11.1 Å². The van der Waals surface area contributed by atoms with Crippen LogP contribution in [0.4, 0.5) is 5.69 Å². The van der Waals surface area contributed by atoms with Crippen LogP contribution in [0.2, 0.25) is 0 Å². The van der Waals surface area contributed by atoms with Crippen molar-refractivity contribution in [3.05, 3.63) is 29.8 Å². The first-order valence-electron chi connectivity index (χ1n) is 6.60. The highest BCUT2D eigenvalue weighted by Gasteiger charge is 2.47. The minimum absolute atomic E-state index is 0.0587. The van der Waals surface area contributed by atoms with E-state index in [1.165, 1.54) is 31.2 Å². The molecule has 0 unspecified atom stereocenters. The number of nitrogens with one attached hydrogen (secondary N) is 1. The van der Waals surface area contributed by atoms with Gasteiger partial charge in [-0.05, 0) is 38.5 Å². The van der Waals surface area contributed by atoms with Crippen LogP contribution >= 0.6 is 0 Å². The third kappa shape index (κ3) is 4.05. The van der Waals surface area contributed by atoms with Crippen molar-refractivity contribution in [2.45, 2.75) is 38.8 Å². The summed E-state index contributed by atoms with van der Waals surface area (Å²) in [5, 5.41) is 11.9. The minimum atomic E-state index is -2.32. The maximum atomic E-state index is 12.2. The third-order valence-corrected chi connectivity index (χ3v) is 2.72. The number of rotatable bonds is 4. The van der Waals surface area contributed by atoms with Crippen LogP contribution in [-0.2, 0) is 24.7 Å². The summed E-state index contributed by atoms with van der Waals surface area (Å²) in [6.45, 7) is 6.20. The number of carboxylic acids is 1. The van der Waals surface area contributed by atoms with E-state index in [0.29, 0.717) is 5.69 Å². The first kappa shape index (κ1) is 17.6. The van der Waals surface area contributed by atoms with Crippen LogP contribution in [-0.4, -0.2) is 28.6 Å². The van der Waals surface area contributed by atoms with Gasteiger partial charge in [-0.3, -0.25) is 4.79 Å². The first-order valence-corrected chi connectivity index (χ1v) is 6.60. The Bertz CT molecular complexity index is 589. The molecule has 1 rings (SSSR count). The number of anilines is 1. The fraction of sp³-hybridized carbons (Fsp3) is 0.400. The normalized spacial score (nSPS) is 13.9. The number of carbonyl (C=O) groups excluding carboxylic acids is 2. The smallest absolute Gasteiger partial charge is 0.343 e. The molecule has 0 aromatic heterocycles. The van der Waals surface area contributed by atoms with E-state index in [4.69, 9.17) is 10.5 Å². The molecular formula is C15H20N2O5. The molecule has 7 nitrogen and oxygen atoms in total. The van der Waals surface area contributed by atoms with Gasteiger partial charge in [-0.2, -0.15) is 0 Å². The number of carboxylic acid groups (broad SMARTS) is 1. The fourth-order valence-corrected chi connectivity index (χ4v) is 1.71. The van der Waals surface area contributed by atoms with Crippen molar-refractivity contribution < 1.29 is 24.2 Å². The van der Waals surface area contributed by atoms with Crippen molar-refractivity contribution in [1.82, 2.24) is 0 Å². The van der Waals surface area contributed by atoms with Gasteiger partial charge in [-0.15, -0.1) is 0 Å². The molecule has 1 amide bonds. The van der Waals surface area contributed by atoms with Gasteiger partial charge in [0, 0.05) is 12.6 Å². The molecule has 0 fully saturated rings. The quantitative estimate of drug-likeness (QED) is 0.568. The molecule has 0 aliphatic heterocycles. The molecule has 1 aromatic rings. The highest BCUT2D eigenvalue weighted by Crippen LogP contribution is 2.25. The van der Waals surface area contributed by atoms with E-state index in [2.05, 4.69) is 5.32 Å². The number of esters is 1. The SMILES string of the molecule is CC(=O)Nc1ccc([C@@](N)(C(=O)O)C(=O)OC(C)(C)C)cc1. The zero-order valence-corrected chi connectivity index (χ0v) is 13.0. The molecular weight excluding hydrogens is 288 g/mol. The Hall–Kier alpha value is -2.41. The Kier molecular flexibility index (Phi) is 4.93. The standard InChI is InChI=1S/C15H20N2O5/c1-9(18)17-11-7-5-10(6-8-11)15(16,12(19)20)13(21)22-14(2,3)4/h5-8H,16H2,1-4H3,(H,17,18)(H,19,20)/t15-/m1/s1. The summed E-state index contributed by atoms with van der Waals surface area (Å²) in [5.41, 5.74) is 3.14. The van der Waals surface area contributed by atoms with Crippen molar-refractivity contribution in [2.24, 2.45) is 5.73 Å². The maximum absolute atomic E-state index is 12.2. The Morgan fingerprint density at radius 1 is 1.14 bits per heavy atom. The summed E-state index contributed by atoms with van der Waals surface area (Å²) in [5.74, 6) is -2.84. The second-order valence-corrected chi connectivity index (χ2v) is 5.87. The van der Waals surface area contributed by atoms with E-state index in [0.717, 1.165) is 0 Å². The molecule has 22 heavy (non-hydrogen) atoms. The van der Waals surface area contributed by atoms with Gasteiger partial charge in [0.1, 0.15) is 5.60 Å². The van der Waals surface area contributed by atoms with E-state index in [9.17, 15) is 19.5 Å². The average molecular weight is 308 g/mol. The van der Waals surface area contributed by atoms with Crippen LogP contribution in [0.3, 0.4) is 0 Å². The summed E-state index contributed by atoms with van der Waals surface area (Å²) in [7, 11) is 0. The average Bonchev–Trinajstić information content (AvgIpc) is 2.35. The number of hydrogen-bond acceptors (Lipinski definition) is 5. The Morgan fingerprint density at radius 3 is 2.00 bits per heavy atom. The van der Waals surface area contributed by atoms with Gasteiger partial charge in [0.05, 0.1) is 0 Å². The molecule has 1 atom stereocenters. The second kappa shape index (κ2) is 6.15. The molecule has 0 bridgehead atoms. The van der Waals surface area contributed by atoms with E-state index in [1.807, 2.05) is 0 Å². The van der Waals surface area contributed by atoms with Crippen molar-refractivity contribution in [2.75, 3.05) is 5.32 Å². The monoisotopic (exact) mass is 308 g/mol. The number of benzene rings is 1. The van der Waals surface area contributed by atoms with E-state index < -0.39 is 23.1 Å². The summed E-state index contributed by atoms with van der Waals surface area (Å²) in [6.07, 6.45) is 0. The Labute approximate surface area is 128 Å². The number of nitrogens with two attached hydrogens (primary N) is 1. The van der Waals surface area contributed by atoms with Gasteiger partial charge in [0.15, 0.2) is 0 Å². The van der Waals surface area contributed by atoms with Crippen molar-refractivity contribution >= 4 is 23.5 Å². The van der Waals surface area contributed by atoms with Crippen LogP contribution in [0.1, 0.15) is 33.3 Å². The topological polar surface area (TPSA) is 119 Å². The lowest BCUT2D eigenvalue weighted by Gasteiger charge is -2.28. The van der Waals surface area contributed by atoms with Gasteiger partial charge < -0.3 is 20.9 Å². The number of carbonyl (C=O) groups is 3. The molecule has 4 N–H and O–H groups in total. The molecule has 7 heteroatoms. The summed E-state index contributed by atoms with van der Waals surface area (Å²) < 4.78 is 5.10. The van der Waals surface area contributed by atoms with Gasteiger partial charge in [0.25, 0.3) is 0 Å². The molecule has 0 heterocycles. The van der Waals surface area contributed by atoms with Gasteiger partial charge in [-0.1, -0.05) is 12.1 Å². The third-order valence-electron chi connectivity index (χ3n) is 2.72. The van der Waals surface area contributed by atoms with Crippen molar-refractivity contribution in [3.63, 3.8) is 0 Å². The minimum Gasteiger partial charge on any atom is -0.479 e. The van der Waals surface area contributed by atoms with Crippen LogP contribution in [0.5, 0.6) is 0 Å².